The molecule has 1 atom stereocenters. The maximum Gasteiger partial charge on any atom is 0.251 e. The van der Waals surface area contributed by atoms with E-state index in [9.17, 15) is 9.59 Å². The van der Waals surface area contributed by atoms with Crippen LogP contribution < -0.4 is 0 Å². The van der Waals surface area contributed by atoms with Gasteiger partial charge in [-0.25, -0.2) is 0 Å². The zero-order valence-corrected chi connectivity index (χ0v) is 14.1. The first-order chi connectivity index (χ1) is 12.7. The average molecular weight is 341 g/mol. The molecule has 3 aromatic rings. The van der Waals surface area contributed by atoms with Gasteiger partial charge in [-0.3, -0.25) is 19.5 Å². The number of aromatic nitrogens is 1. The van der Waals surface area contributed by atoms with Gasteiger partial charge in [0.15, 0.2) is 0 Å². The second-order valence-electron chi connectivity index (χ2n) is 5.62. The predicted octanol–water partition coefficient (Wildman–Crippen LogP) is 4.07. The van der Waals surface area contributed by atoms with Gasteiger partial charge in [0.2, 0.25) is 6.29 Å². The molecule has 2 aromatic carbocycles. The minimum absolute atomic E-state index is 0.368. The lowest BCUT2D eigenvalue weighted by atomic mass is 10.1. The molecule has 1 aromatic heterocycles. The van der Waals surface area contributed by atoms with Crippen molar-refractivity contribution in [3.63, 3.8) is 0 Å². The number of para-hydroxylation sites is 1. The van der Waals surface area contributed by atoms with E-state index in [4.69, 9.17) is 0 Å². The van der Waals surface area contributed by atoms with Crippen molar-refractivity contribution in [2.24, 2.45) is 0 Å². The molecule has 4 heteroatoms. The third-order valence-electron chi connectivity index (χ3n) is 3.96. The number of hydrogen-bond acceptors (Lipinski definition) is 3. The van der Waals surface area contributed by atoms with Crippen LogP contribution in [-0.2, 0) is 9.59 Å². The van der Waals surface area contributed by atoms with Crippen molar-refractivity contribution in [3.05, 3.63) is 96.8 Å². The summed E-state index contributed by atoms with van der Waals surface area (Å²) in [5, 5.41) is 0.960. The fraction of sp³-hybridized carbons (Fsp3) is 0.0455. The maximum absolute atomic E-state index is 12.5. The Labute approximate surface area is 152 Å². The van der Waals surface area contributed by atoms with E-state index in [0.29, 0.717) is 5.69 Å². The first-order valence-electron chi connectivity index (χ1n) is 8.14. The largest absolute Gasteiger partial charge is 0.299 e. The molecular formula is C22H17N2O2. The first-order valence-corrected chi connectivity index (χ1v) is 8.14. The van der Waals surface area contributed by atoms with Crippen LogP contribution >= 0.6 is 0 Å². The molecule has 0 aliphatic heterocycles. The van der Waals surface area contributed by atoms with E-state index < -0.39 is 6.04 Å². The van der Waals surface area contributed by atoms with E-state index >= 15 is 0 Å². The van der Waals surface area contributed by atoms with Crippen molar-refractivity contribution in [3.8, 4) is 0 Å². The van der Waals surface area contributed by atoms with Crippen molar-refractivity contribution in [2.45, 2.75) is 6.04 Å². The number of fused-ring (bicyclic) bond motifs is 1. The fourth-order valence-electron chi connectivity index (χ4n) is 2.63. The summed E-state index contributed by atoms with van der Waals surface area (Å²) in [5.41, 5.74) is 2.09. The number of rotatable bonds is 6. The van der Waals surface area contributed by atoms with E-state index in [1.165, 1.54) is 17.2 Å². The highest BCUT2D eigenvalue weighted by molar-refractivity contribution is 5.94. The van der Waals surface area contributed by atoms with Gasteiger partial charge in [-0.05, 0) is 23.8 Å². The second-order valence-corrected chi connectivity index (χ2v) is 5.62. The highest BCUT2D eigenvalue weighted by atomic mass is 16.2. The van der Waals surface area contributed by atoms with Gasteiger partial charge in [-0.1, -0.05) is 61.2 Å². The molecule has 1 radical (unpaired) electrons. The van der Waals surface area contributed by atoms with Crippen molar-refractivity contribution < 1.29 is 9.59 Å². The van der Waals surface area contributed by atoms with Gasteiger partial charge in [0.1, 0.15) is 6.04 Å². The molecule has 0 saturated heterocycles. The summed E-state index contributed by atoms with van der Waals surface area (Å²) in [6.07, 6.45) is 6.32. The second kappa shape index (κ2) is 8.03. The zero-order valence-electron chi connectivity index (χ0n) is 14.1. The molecule has 0 spiro atoms. The number of hydrogen-bond donors (Lipinski definition) is 0. The monoisotopic (exact) mass is 341 g/mol. The smallest absolute Gasteiger partial charge is 0.251 e. The van der Waals surface area contributed by atoms with Gasteiger partial charge in [0.25, 0.3) is 5.91 Å². The number of carbonyl (C=O) groups excluding carboxylic acids is 2. The molecule has 1 heterocycles. The van der Waals surface area contributed by atoms with Gasteiger partial charge in [-0.15, -0.1) is 0 Å². The topological polar surface area (TPSA) is 50.3 Å². The molecule has 26 heavy (non-hydrogen) atoms. The minimum Gasteiger partial charge on any atom is -0.299 e. The molecule has 0 N–H and O–H groups in total. The number of nitrogens with zero attached hydrogens (tertiary/aromatic N) is 2. The molecule has 0 saturated carbocycles. The lowest BCUT2D eigenvalue weighted by molar-refractivity contribution is -0.124. The Kier molecular flexibility index (Phi) is 5.34. The van der Waals surface area contributed by atoms with Gasteiger partial charge in [-0.2, -0.15) is 0 Å². The summed E-state index contributed by atoms with van der Waals surface area (Å²) < 4.78 is 0. The average Bonchev–Trinajstić information content (AvgIpc) is 2.70. The van der Waals surface area contributed by atoms with Gasteiger partial charge < -0.3 is 0 Å². The van der Waals surface area contributed by atoms with E-state index in [1.54, 1.807) is 12.1 Å². The van der Waals surface area contributed by atoms with E-state index in [0.717, 1.165) is 16.5 Å². The van der Waals surface area contributed by atoms with Crippen LogP contribution in [0.2, 0.25) is 0 Å². The molecule has 0 aliphatic carbocycles. The Morgan fingerprint density at radius 1 is 1.04 bits per heavy atom. The van der Waals surface area contributed by atoms with E-state index in [-0.39, 0.29) is 5.91 Å². The molecule has 1 amide bonds. The molecule has 3 rings (SSSR count). The Balaban J connectivity index is 1.88. The summed E-state index contributed by atoms with van der Waals surface area (Å²) in [4.78, 5) is 29.8. The Morgan fingerprint density at radius 2 is 1.77 bits per heavy atom. The minimum atomic E-state index is -0.954. The predicted molar refractivity (Wildman–Crippen MR) is 103 cm³/mol. The van der Waals surface area contributed by atoms with E-state index in [2.05, 4.69) is 11.6 Å². The normalized spacial score (nSPS) is 12.0. The number of carbonyl (C=O) groups is 1. The van der Waals surface area contributed by atoms with Crippen LogP contribution in [0.1, 0.15) is 17.3 Å². The van der Waals surface area contributed by atoms with Crippen LogP contribution in [-0.4, -0.2) is 22.1 Å². The summed E-state index contributed by atoms with van der Waals surface area (Å²) in [5.74, 6) is -0.368. The Bertz CT molecular complexity index is 964. The molecule has 0 bridgehead atoms. The standard InChI is InChI=1S/C22H17N2O2/c1-2-24(22(26)15-12-17-8-4-3-5-9-17)21(16-25)20-14-13-18-10-6-7-11-19(18)23-20/h2-15,21H,1H2. The Hall–Kier alpha value is -3.53. The number of pyridine rings is 1. The van der Waals surface area contributed by atoms with Crippen molar-refractivity contribution in [2.75, 3.05) is 0 Å². The third kappa shape index (κ3) is 3.75. The molecule has 0 aliphatic rings. The van der Waals surface area contributed by atoms with Gasteiger partial charge in [0.05, 0.1) is 11.2 Å². The van der Waals surface area contributed by atoms with Crippen LogP contribution in [0, 0.1) is 0 Å². The van der Waals surface area contributed by atoms with Crippen molar-refractivity contribution >= 4 is 29.2 Å². The van der Waals surface area contributed by atoms with Crippen LogP contribution in [0.5, 0.6) is 0 Å². The molecule has 4 nitrogen and oxygen atoms in total. The summed E-state index contributed by atoms with van der Waals surface area (Å²) in [6, 6.07) is 19.7. The van der Waals surface area contributed by atoms with Crippen LogP contribution in [0.15, 0.2) is 85.6 Å². The maximum atomic E-state index is 12.5. The highest BCUT2D eigenvalue weighted by Gasteiger charge is 2.23. The van der Waals surface area contributed by atoms with Gasteiger partial charge >= 0.3 is 0 Å². The zero-order chi connectivity index (χ0) is 18.4. The third-order valence-corrected chi connectivity index (χ3v) is 3.96. The Morgan fingerprint density at radius 3 is 2.50 bits per heavy atom. The molecule has 0 fully saturated rings. The summed E-state index contributed by atoms with van der Waals surface area (Å²) in [7, 11) is 0. The molecule has 127 valence electrons. The van der Waals surface area contributed by atoms with Crippen molar-refractivity contribution in [1.29, 1.82) is 0 Å². The molecule has 1 unspecified atom stereocenters. The number of amides is 1. The lowest BCUT2D eigenvalue weighted by Crippen LogP contribution is -2.30. The van der Waals surface area contributed by atoms with E-state index in [1.807, 2.05) is 66.9 Å². The van der Waals surface area contributed by atoms with Gasteiger partial charge in [0, 0.05) is 17.7 Å². The molecular weight excluding hydrogens is 324 g/mol. The summed E-state index contributed by atoms with van der Waals surface area (Å²) >= 11 is 0. The lowest BCUT2D eigenvalue weighted by Gasteiger charge is -2.22. The van der Waals surface area contributed by atoms with Crippen LogP contribution in [0.25, 0.3) is 17.0 Å². The first kappa shape index (κ1) is 17.3. The highest BCUT2D eigenvalue weighted by Crippen LogP contribution is 2.21. The van der Waals surface area contributed by atoms with Crippen molar-refractivity contribution in [1.82, 2.24) is 9.88 Å². The number of benzene rings is 2. The fourth-order valence-corrected chi connectivity index (χ4v) is 2.63. The quantitative estimate of drug-likeness (QED) is 0.635. The van der Waals surface area contributed by atoms with Crippen LogP contribution in [0.3, 0.4) is 0 Å². The summed E-state index contributed by atoms with van der Waals surface area (Å²) in [6.45, 7) is 3.66. The van der Waals surface area contributed by atoms with Crippen LogP contribution in [0.4, 0.5) is 0 Å². The SMILES string of the molecule is C=CN(C(=O)C=Cc1ccccc1)C([C]=O)c1ccc2ccccc2n1.